The maximum Gasteiger partial charge on any atom is 0.303 e. The van der Waals surface area contributed by atoms with Crippen LogP contribution in [0, 0.1) is 0 Å². The van der Waals surface area contributed by atoms with E-state index in [-0.39, 0.29) is 5.41 Å². The van der Waals surface area contributed by atoms with Crippen molar-refractivity contribution in [1.29, 1.82) is 0 Å². The Morgan fingerprint density at radius 1 is 1.18 bits per heavy atom. The van der Waals surface area contributed by atoms with Gasteiger partial charge in [-0.3, -0.25) is 4.79 Å². The number of carboxylic acid groups (broad SMARTS) is 1. The number of hydrogen-bond acceptors (Lipinski definition) is 3. The van der Waals surface area contributed by atoms with Crippen molar-refractivity contribution in [3.63, 3.8) is 0 Å². The molecule has 1 fully saturated rings. The monoisotopic (exact) mass is 385 g/mol. The number of nitrogens with zero attached hydrogens (tertiary/aromatic N) is 1. The maximum absolute atomic E-state index is 9.76. The Morgan fingerprint density at radius 2 is 1.82 bits per heavy atom. The molecule has 0 atom stereocenters. The number of hydrogen-bond donors (Lipinski definition) is 3. The second kappa shape index (κ2) is 10.4. The number of carboxylic acids is 1. The number of piperidine rings is 1. The van der Waals surface area contributed by atoms with Crippen molar-refractivity contribution in [2.75, 3.05) is 13.1 Å². The molecule has 5 nitrogen and oxygen atoms in total. The highest BCUT2D eigenvalue weighted by molar-refractivity contribution is 5.66. The number of rotatable bonds is 5. The number of benzene rings is 1. The van der Waals surface area contributed by atoms with Crippen LogP contribution in [0.4, 0.5) is 0 Å². The van der Waals surface area contributed by atoms with Crippen molar-refractivity contribution in [2.24, 2.45) is 0 Å². The lowest BCUT2D eigenvalue weighted by Gasteiger charge is -2.20. The fraction of sp³-hybridized carbons (Fsp3) is 0.565. The van der Waals surface area contributed by atoms with E-state index in [0.717, 1.165) is 37.4 Å². The molecule has 3 rings (SSSR count). The van der Waals surface area contributed by atoms with Crippen LogP contribution in [0.1, 0.15) is 77.1 Å². The number of unbranched alkanes of at least 4 members (excludes halogenated alkanes) is 1. The minimum atomic E-state index is -0.693. The van der Waals surface area contributed by atoms with Gasteiger partial charge in [0.25, 0.3) is 0 Å². The van der Waals surface area contributed by atoms with Crippen LogP contribution < -0.4 is 5.32 Å². The van der Waals surface area contributed by atoms with Gasteiger partial charge >= 0.3 is 5.97 Å². The summed E-state index contributed by atoms with van der Waals surface area (Å²) in [5.74, 6) is 1.03. The van der Waals surface area contributed by atoms with Crippen molar-refractivity contribution in [3.05, 3.63) is 41.9 Å². The molecule has 1 aromatic carbocycles. The van der Waals surface area contributed by atoms with Crippen molar-refractivity contribution >= 4 is 5.97 Å². The van der Waals surface area contributed by atoms with E-state index < -0.39 is 5.97 Å². The molecule has 0 amide bonds. The highest BCUT2D eigenvalue weighted by Crippen LogP contribution is 2.28. The van der Waals surface area contributed by atoms with E-state index in [4.69, 9.17) is 5.11 Å². The van der Waals surface area contributed by atoms with Crippen LogP contribution in [0.3, 0.4) is 0 Å². The molecule has 5 heteroatoms. The maximum atomic E-state index is 9.76. The lowest BCUT2D eigenvalue weighted by molar-refractivity contribution is -0.137. The second-order valence-corrected chi connectivity index (χ2v) is 8.53. The summed E-state index contributed by atoms with van der Waals surface area (Å²) in [6.45, 7) is 10.9. The zero-order valence-corrected chi connectivity index (χ0v) is 17.7. The molecular formula is C23H35N3O2. The standard InChI is InChI=1S/C18H25N3.C5H10O2/c1-18(2,3)15-6-4-13(5-7-15)16-12-20-17(21-16)14-8-10-19-11-9-14;1-2-3-4-5(6)7/h4-7,12,14,19H,8-11H2,1-3H3,(H,20,21);2-4H2,1H3,(H,6,7). The molecule has 154 valence electrons. The molecule has 0 spiro atoms. The minimum absolute atomic E-state index is 0.201. The highest BCUT2D eigenvalue weighted by Gasteiger charge is 2.18. The topological polar surface area (TPSA) is 78.0 Å². The number of imidazole rings is 1. The van der Waals surface area contributed by atoms with Crippen molar-refractivity contribution in [3.8, 4) is 11.3 Å². The van der Waals surface area contributed by atoms with E-state index >= 15 is 0 Å². The SMILES string of the molecule is CC(C)(C)c1ccc(-c2cnc(C3CCNCC3)[nH]2)cc1.CCCCC(=O)O. The van der Waals surface area contributed by atoms with Crippen LogP contribution in [0.15, 0.2) is 30.5 Å². The van der Waals surface area contributed by atoms with Gasteiger partial charge in [0.2, 0.25) is 0 Å². The quantitative estimate of drug-likeness (QED) is 0.669. The molecule has 0 unspecified atom stereocenters. The van der Waals surface area contributed by atoms with Gasteiger partial charge < -0.3 is 15.4 Å². The van der Waals surface area contributed by atoms with E-state index in [0.29, 0.717) is 12.3 Å². The van der Waals surface area contributed by atoms with Crippen LogP contribution in [-0.4, -0.2) is 34.1 Å². The molecule has 3 N–H and O–H groups in total. The van der Waals surface area contributed by atoms with Crippen molar-refractivity contribution < 1.29 is 9.90 Å². The van der Waals surface area contributed by atoms with Gasteiger partial charge in [-0.15, -0.1) is 0 Å². The molecule has 28 heavy (non-hydrogen) atoms. The first-order valence-electron chi connectivity index (χ1n) is 10.4. The average molecular weight is 386 g/mol. The van der Waals surface area contributed by atoms with Gasteiger partial charge in [0.05, 0.1) is 11.9 Å². The van der Waals surface area contributed by atoms with Crippen molar-refractivity contribution in [1.82, 2.24) is 15.3 Å². The third-order valence-corrected chi connectivity index (χ3v) is 5.13. The summed E-state index contributed by atoms with van der Waals surface area (Å²) in [5.41, 5.74) is 3.91. The van der Waals surface area contributed by atoms with Gasteiger partial charge in [-0.1, -0.05) is 58.4 Å². The van der Waals surface area contributed by atoms with Crippen LogP contribution in [0.5, 0.6) is 0 Å². The third-order valence-electron chi connectivity index (χ3n) is 5.13. The average Bonchev–Trinajstić information content (AvgIpc) is 3.17. The second-order valence-electron chi connectivity index (χ2n) is 8.53. The molecule has 1 saturated heterocycles. The molecular weight excluding hydrogens is 350 g/mol. The minimum Gasteiger partial charge on any atom is -0.481 e. The first kappa shape index (κ1) is 22.2. The molecule has 1 aliphatic heterocycles. The Morgan fingerprint density at radius 3 is 2.32 bits per heavy atom. The lowest BCUT2D eigenvalue weighted by Crippen LogP contribution is -2.27. The Balaban J connectivity index is 0.000000345. The number of H-pyrrole nitrogens is 1. The normalized spacial score (nSPS) is 15.0. The molecule has 0 bridgehead atoms. The Kier molecular flexibility index (Phi) is 8.24. The molecule has 0 saturated carbocycles. The zero-order valence-electron chi connectivity index (χ0n) is 17.7. The van der Waals surface area contributed by atoms with E-state index in [9.17, 15) is 4.79 Å². The third kappa shape index (κ3) is 6.79. The summed E-state index contributed by atoms with van der Waals surface area (Å²) in [6, 6.07) is 8.83. The van der Waals surface area contributed by atoms with E-state index in [2.05, 4.69) is 60.3 Å². The van der Waals surface area contributed by atoms with Gasteiger partial charge in [0.1, 0.15) is 5.82 Å². The molecule has 0 radical (unpaired) electrons. The number of nitrogens with one attached hydrogen (secondary N) is 2. The summed E-state index contributed by atoms with van der Waals surface area (Å²) in [7, 11) is 0. The first-order valence-corrected chi connectivity index (χ1v) is 10.4. The lowest BCUT2D eigenvalue weighted by atomic mass is 9.86. The largest absolute Gasteiger partial charge is 0.481 e. The van der Waals surface area contributed by atoms with Crippen LogP contribution in [0.25, 0.3) is 11.3 Å². The van der Waals surface area contributed by atoms with Gasteiger partial charge in [-0.2, -0.15) is 0 Å². The van der Waals surface area contributed by atoms with Crippen LogP contribution in [0.2, 0.25) is 0 Å². The zero-order chi connectivity index (χ0) is 20.6. The van der Waals surface area contributed by atoms with E-state index in [1.807, 2.05) is 13.1 Å². The molecule has 2 heterocycles. The van der Waals surface area contributed by atoms with Gasteiger partial charge in [-0.05, 0) is 48.9 Å². The van der Waals surface area contributed by atoms with Crippen LogP contribution in [-0.2, 0) is 10.2 Å². The molecule has 0 aliphatic carbocycles. The number of aromatic amines is 1. The van der Waals surface area contributed by atoms with Crippen molar-refractivity contribution in [2.45, 2.75) is 71.1 Å². The summed E-state index contributed by atoms with van der Waals surface area (Å²) in [6.07, 6.45) is 6.41. The number of aliphatic carboxylic acids is 1. The fourth-order valence-electron chi connectivity index (χ4n) is 3.26. The summed E-state index contributed by atoms with van der Waals surface area (Å²) >= 11 is 0. The summed E-state index contributed by atoms with van der Waals surface area (Å²) < 4.78 is 0. The highest BCUT2D eigenvalue weighted by atomic mass is 16.4. The van der Waals surface area contributed by atoms with Crippen LogP contribution >= 0.6 is 0 Å². The predicted molar refractivity (Wildman–Crippen MR) is 115 cm³/mol. The Labute approximate surface area is 169 Å². The van der Waals surface area contributed by atoms with Gasteiger partial charge in [-0.25, -0.2) is 4.98 Å². The Bertz CT molecular complexity index is 723. The molecule has 1 aliphatic rings. The molecule has 1 aromatic heterocycles. The smallest absolute Gasteiger partial charge is 0.303 e. The summed E-state index contributed by atoms with van der Waals surface area (Å²) in [4.78, 5) is 17.9. The van der Waals surface area contributed by atoms with Gasteiger partial charge in [0, 0.05) is 12.3 Å². The number of aromatic nitrogens is 2. The molecule has 2 aromatic rings. The predicted octanol–water partition coefficient (Wildman–Crippen LogP) is 5.10. The van der Waals surface area contributed by atoms with E-state index in [1.54, 1.807) is 0 Å². The Hall–Kier alpha value is -2.14. The van der Waals surface area contributed by atoms with Gasteiger partial charge in [0.15, 0.2) is 0 Å². The first-order chi connectivity index (χ1) is 13.3. The van der Waals surface area contributed by atoms with E-state index in [1.165, 1.54) is 24.0 Å². The number of carbonyl (C=O) groups is 1. The summed E-state index contributed by atoms with van der Waals surface area (Å²) in [5, 5.41) is 11.4. The fourth-order valence-corrected chi connectivity index (χ4v) is 3.26.